The minimum absolute atomic E-state index is 0.0162. The van der Waals surface area contributed by atoms with Gasteiger partial charge in [-0.3, -0.25) is 4.79 Å². The number of nitrogens with two attached hydrogens (primary N) is 1. The van der Waals surface area contributed by atoms with Gasteiger partial charge in [-0.1, -0.05) is 6.92 Å². The number of hydrogen-bond acceptors (Lipinski definition) is 4. The minimum Gasteiger partial charge on any atom is -0.480 e. The maximum atomic E-state index is 11.1. The molecule has 0 unspecified atom stereocenters. The van der Waals surface area contributed by atoms with Crippen LogP contribution in [-0.2, 0) is 14.6 Å². The third-order valence-corrected chi connectivity index (χ3v) is 3.46. The fraction of sp³-hybridized carbons (Fsp3) is 0.857. The van der Waals surface area contributed by atoms with Crippen molar-refractivity contribution in [3.8, 4) is 0 Å². The highest BCUT2D eigenvalue weighted by atomic mass is 32.2. The van der Waals surface area contributed by atoms with Crippen LogP contribution in [0.4, 0.5) is 0 Å². The average molecular weight is 209 g/mol. The molecule has 0 saturated heterocycles. The second-order valence-electron chi connectivity index (χ2n) is 2.89. The van der Waals surface area contributed by atoms with Crippen LogP contribution in [0.15, 0.2) is 0 Å². The lowest BCUT2D eigenvalue weighted by Crippen LogP contribution is -2.32. The van der Waals surface area contributed by atoms with Crippen LogP contribution in [0.3, 0.4) is 0 Å². The van der Waals surface area contributed by atoms with Crippen molar-refractivity contribution in [2.24, 2.45) is 5.73 Å². The van der Waals surface area contributed by atoms with E-state index in [2.05, 4.69) is 0 Å². The van der Waals surface area contributed by atoms with E-state index in [9.17, 15) is 13.2 Å². The highest BCUT2D eigenvalue weighted by Crippen LogP contribution is 1.99. The summed E-state index contributed by atoms with van der Waals surface area (Å²) in [7, 11) is -3.10. The molecule has 0 bridgehead atoms. The summed E-state index contributed by atoms with van der Waals surface area (Å²) in [6.45, 7) is 1.76. The van der Waals surface area contributed by atoms with Crippen molar-refractivity contribution in [2.45, 2.75) is 25.8 Å². The molecule has 1 atom stereocenters. The van der Waals surface area contributed by atoms with Crippen LogP contribution in [0.25, 0.3) is 0 Å². The molecule has 6 heteroatoms. The lowest BCUT2D eigenvalue weighted by molar-refractivity contribution is -0.138. The zero-order valence-corrected chi connectivity index (χ0v) is 8.38. The van der Waals surface area contributed by atoms with E-state index in [4.69, 9.17) is 10.8 Å². The van der Waals surface area contributed by atoms with Gasteiger partial charge in [0.2, 0.25) is 0 Å². The van der Waals surface area contributed by atoms with E-state index in [1.165, 1.54) is 0 Å². The van der Waals surface area contributed by atoms with Crippen molar-refractivity contribution in [3.05, 3.63) is 0 Å². The van der Waals surface area contributed by atoms with Gasteiger partial charge in [0.05, 0.1) is 5.75 Å². The molecule has 0 aromatic rings. The van der Waals surface area contributed by atoms with E-state index in [1.807, 2.05) is 0 Å². The summed E-state index contributed by atoms with van der Waals surface area (Å²) in [4.78, 5) is 10.3. The highest BCUT2D eigenvalue weighted by molar-refractivity contribution is 7.91. The van der Waals surface area contributed by atoms with Crippen molar-refractivity contribution < 1.29 is 18.3 Å². The SMILES string of the molecule is CCCS(=O)(=O)CC[C@@H](N)C(=O)O. The van der Waals surface area contributed by atoms with Crippen LogP contribution in [0, 0.1) is 0 Å². The van der Waals surface area contributed by atoms with Crippen LogP contribution < -0.4 is 5.73 Å². The fourth-order valence-electron chi connectivity index (χ4n) is 0.843. The van der Waals surface area contributed by atoms with Gasteiger partial charge >= 0.3 is 5.97 Å². The summed E-state index contributed by atoms with van der Waals surface area (Å²) >= 11 is 0. The molecule has 0 radical (unpaired) electrons. The number of hydrogen-bond donors (Lipinski definition) is 2. The largest absolute Gasteiger partial charge is 0.480 e. The number of carbonyl (C=O) groups is 1. The number of carboxylic acid groups (broad SMARTS) is 1. The van der Waals surface area contributed by atoms with E-state index in [0.29, 0.717) is 6.42 Å². The Bertz CT molecular complexity index is 260. The first-order valence-corrected chi connectivity index (χ1v) is 5.90. The molecule has 78 valence electrons. The molecule has 0 spiro atoms. The molecule has 0 fully saturated rings. The Morgan fingerprint density at radius 3 is 2.38 bits per heavy atom. The average Bonchev–Trinajstić information content (AvgIpc) is 2.00. The molecule has 0 heterocycles. The second kappa shape index (κ2) is 5.18. The predicted octanol–water partition coefficient (Wildman–Crippen LogP) is -0.387. The fourth-order valence-corrected chi connectivity index (χ4v) is 2.28. The summed E-state index contributed by atoms with van der Waals surface area (Å²) in [5.74, 6) is -1.21. The standard InChI is InChI=1S/C7H15NO4S/c1-2-4-13(11,12)5-3-6(8)7(9)10/h6H,2-5,8H2,1H3,(H,9,10)/t6-/m1/s1. The van der Waals surface area contributed by atoms with Crippen LogP contribution in [-0.4, -0.2) is 37.0 Å². The summed E-state index contributed by atoms with van der Waals surface area (Å²) in [5.41, 5.74) is 5.16. The second-order valence-corrected chi connectivity index (χ2v) is 5.19. The van der Waals surface area contributed by atoms with Crippen molar-refractivity contribution in [1.29, 1.82) is 0 Å². The van der Waals surface area contributed by atoms with Gasteiger partial charge in [0.1, 0.15) is 15.9 Å². The number of carboxylic acids is 1. The molecular formula is C7H15NO4S. The van der Waals surface area contributed by atoms with Gasteiger partial charge in [-0.15, -0.1) is 0 Å². The Kier molecular flexibility index (Phi) is 4.94. The lowest BCUT2D eigenvalue weighted by Gasteiger charge is -2.05. The van der Waals surface area contributed by atoms with E-state index in [1.54, 1.807) is 6.92 Å². The molecule has 13 heavy (non-hydrogen) atoms. The zero-order valence-electron chi connectivity index (χ0n) is 7.56. The molecule has 5 nitrogen and oxygen atoms in total. The Morgan fingerprint density at radius 1 is 1.46 bits per heavy atom. The smallest absolute Gasteiger partial charge is 0.320 e. The Labute approximate surface area is 77.8 Å². The van der Waals surface area contributed by atoms with Gasteiger partial charge in [-0.05, 0) is 12.8 Å². The van der Waals surface area contributed by atoms with Crippen molar-refractivity contribution >= 4 is 15.8 Å². The quantitative estimate of drug-likeness (QED) is 0.621. The van der Waals surface area contributed by atoms with Crippen molar-refractivity contribution in [1.82, 2.24) is 0 Å². The molecule has 3 N–H and O–H groups in total. The maximum absolute atomic E-state index is 11.1. The van der Waals surface area contributed by atoms with E-state index in [-0.39, 0.29) is 17.9 Å². The summed E-state index contributed by atoms with van der Waals surface area (Å²) in [6, 6.07) is -1.08. The Hall–Kier alpha value is -0.620. The molecule has 0 aliphatic carbocycles. The number of aliphatic carboxylic acids is 1. The van der Waals surface area contributed by atoms with E-state index >= 15 is 0 Å². The molecule has 0 saturated carbocycles. The first-order valence-electron chi connectivity index (χ1n) is 4.08. The lowest BCUT2D eigenvalue weighted by atomic mass is 10.2. The highest BCUT2D eigenvalue weighted by Gasteiger charge is 2.16. The molecule has 0 rings (SSSR count). The van der Waals surface area contributed by atoms with Gasteiger partial charge in [0.15, 0.2) is 0 Å². The molecule has 0 aromatic carbocycles. The monoisotopic (exact) mass is 209 g/mol. The summed E-state index contributed by atoms with van der Waals surface area (Å²) in [6.07, 6.45) is 0.530. The van der Waals surface area contributed by atoms with Crippen molar-refractivity contribution in [3.63, 3.8) is 0 Å². The van der Waals surface area contributed by atoms with Gasteiger partial charge in [-0.2, -0.15) is 0 Å². The zero-order chi connectivity index (χ0) is 10.5. The molecule has 0 amide bonds. The van der Waals surface area contributed by atoms with Crippen molar-refractivity contribution in [2.75, 3.05) is 11.5 Å². The summed E-state index contributed by atoms with van der Waals surface area (Å²) < 4.78 is 22.2. The Balaban J connectivity index is 3.95. The maximum Gasteiger partial charge on any atom is 0.320 e. The Morgan fingerprint density at radius 2 is 2.00 bits per heavy atom. The van der Waals surface area contributed by atoms with Crippen LogP contribution in [0.1, 0.15) is 19.8 Å². The first kappa shape index (κ1) is 12.4. The minimum atomic E-state index is -3.10. The summed E-state index contributed by atoms with van der Waals surface area (Å²) in [5, 5.41) is 8.39. The van der Waals surface area contributed by atoms with Crippen LogP contribution in [0.5, 0.6) is 0 Å². The van der Waals surface area contributed by atoms with E-state index in [0.717, 1.165) is 0 Å². The first-order chi connectivity index (χ1) is 5.89. The van der Waals surface area contributed by atoms with Gasteiger partial charge in [0.25, 0.3) is 0 Å². The molecular weight excluding hydrogens is 194 g/mol. The van der Waals surface area contributed by atoms with Crippen LogP contribution >= 0.6 is 0 Å². The van der Waals surface area contributed by atoms with Gasteiger partial charge in [0, 0.05) is 5.75 Å². The third kappa shape index (κ3) is 5.59. The van der Waals surface area contributed by atoms with E-state index < -0.39 is 21.8 Å². The van der Waals surface area contributed by atoms with Gasteiger partial charge in [-0.25, -0.2) is 8.42 Å². The molecule has 0 aliphatic rings. The van der Waals surface area contributed by atoms with Gasteiger partial charge < -0.3 is 10.8 Å². The number of rotatable bonds is 6. The predicted molar refractivity (Wildman–Crippen MR) is 49.2 cm³/mol. The topological polar surface area (TPSA) is 97.5 Å². The van der Waals surface area contributed by atoms with Crippen LogP contribution in [0.2, 0.25) is 0 Å². The molecule has 0 aromatic heterocycles. The number of sulfone groups is 1. The third-order valence-electron chi connectivity index (χ3n) is 1.57. The normalized spacial score (nSPS) is 14.0. The molecule has 0 aliphatic heterocycles.